The van der Waals surface area contributed by atoms with Gasteiger partial charge in [-0.2, -0.15) is 0 Å². The van der Waals surface area contributed by atoms with Crippen molar-refractivity contribution in [3.05, 3.63) is 56.5 Å². The van der Waals surface area contributed by atoms with Gasteiger partial charge in [0, 0.05) is 29.4 Å². The Morgan fingerprint density at radius 1 is 1.21 bits per heavy atom. The highest BCUT2D eigenvalue weighted by molar-refractivity contribution is 9.10. The average Bonchev–Trinajstić information content (AvgIpc) is 3.19. The molecule has 1 saturated heterocycles. The fourth-order valence-corrected chi connectivity index (χ4v) is 4.19. The summed E-state index contributed by atoms with van der Waals surface area (Å²) in [4.78, 5) is 24.3. The number of amides is 2. The molecule has 0 aromatic heterocycles. The molecule has 0 bridgehead atoms. The summed E-state index contributed by atoms with van der Waals surface area (Å²) in [7, 11) is 0. The summed E-state index contributed by atoms with van der Waals surface area (Å²) >= 11 is 15.3. The van der Waals surface area contributed by atoms with Gasteiger partial charge in [0.05, 0.1) is 15.6 Å². The number of hydrogen-bond acceptors (Lipinski definition) is 4. The molecule has 1 aliphatic rings. The molecule has 29 heavy (non-hydrogen) atoms. The summed E-state index contributed by atoms with van der Waals surface area (Å²) in [6.45, 7) is 1.01. The van der Waals surface area contributed by atoms with Gasteiger partial charge in [0.1, 0.15) is 0 Å². The van der Waals surface area contributed by atoms with Crippen LogP contribution in [0.4, 0.5) is 5.69 Å². The van der Waals surface area contributed by atoms with Crippen molar-refractivity contribution in [2.75, 3.05) is 25.1 Å². The van der Waals surface area contributed by atoms with Gasteiger partial charge in [-0.1, -0.05) is 23.2 Å². The normalized spacial score (nSPS) is 15.8. The molecule has 9 heteroatoms. The fourth-order valence-electron chi connectivity index (χ4n) is 2.82. The Hall–Kier alpha value is -1.80. The largest absolute Gasteiger partial charge is 0.481 e. The summed E-state index contributed by atoms with van der Waals surface area (Å²) in [5, 5.41) is 6.32. The number of halogens is 3. The molecule has 1 unspecified atom stereocenters. The Kier molecular flexibility index (Phi) is 7.77. The third-order valence-electron chi connectivity index (χ3n) is 4.26. The third-order valence-corrected chi connectivity index (χ3v) is 5.34. The molecule has 6 nitrogen and oxygen atoms in total. The molecule has 1 fully saturated rings. The van der Waals surface area contributed by atoms with Crippen molar-refractivity contribution < 1.29 is 19.1 Å². The first-order valence-corrected chi connectivity index (χ1v) is 10.5. The predicted molar refractivity (Wildman–Crippen MR) is 116 cm³/mol. The highest BCUT2D eigenvalue weighted by atomic mass is 79.9. The van der Waals surface area contributed by atoms with Gasteiger partial charge in [0.2, 0.25) is 0 Å². The number of rotatable bonds is 7. The highest BCUT2D eigenvalue weighted by Gasteiger charge is 2.17. The van der Waals surface area contributed by atoms with Gasteiger partial charge < -0.3 is 20.1 Å². The number of hydrogen-bond donors (Lipinski definition) is 2. The van der Waals surface area contributed by atoms with Crippen LogP contribution in [-0.4, -0.2) is 37.7 Å². The Morgan fingerprint density at radius 2 is 1.97 bits per heavy atom. The van der Waals surface area contributed by atoms with E-state index in [4.69, 9.17) is 32.7 Å². The monoisotopic (exact) mass is 500 g/mol. The second-order valence-electron chi connectivity index (χ2n) is 6.46. The van der Waals surface area contributed by atoms with Gasteiger partial charge in [-0.15, -0.1) is 0 Å². The first-order valence-electron chi connectivity index (χ1n) is 8.99. The number of benzene rings is 2. The summed E-state index contributed by atoms with van der Waals surface area (Å²) in [6.07, 6.45) is 2.08. The zero-order valence-corrected chi connectivity index (χ0v) is 18.4. The summed E-state index contributed by atoms with van der Waals surface area (Å²) in [5.41, 5.74) is 1.06. The maximum absolute atomic E-state index is 12.2. The van der Waals surface area contributed by atoms with Gasteiger partial charge in [-0.05, 0) is 65.2 Å². The Morgan fingerprint density at radius 3 is 2.62 bits per heavy atom. The zero-order valence-electron chi connectivity index (χ0n) is 15.3. The van der Waals surface area contributed by atoms with Crippen molar-refractivity contribution in [1.82, 2.24) is 5.32 Å². The molecule has 2 N–H and O–H groups in total. The van der Waals surface area contributed by atoms with E-state index in [1.54, 1.807) is 30.3 Å². The van der Waals surface area contributed by atoms with E-state index in [-0.39, 0.29) is 24.5 Å². The SMILES string of the molecule is O=C(COc1c(Cl)cc(Cl)cc1Br)Nc1ccc(C(=O)NCC2CCCO2)cc1. The number of anilines is 1. The van der Waals surface area contributed by atoms with Gasteiger partial charge in [-0.3, -0.25) is 9.59 Å². The molecular weight excluding hydrogens is 483 g/mol. The maximum atomic E-state index is 12.2. The van der Waals surface area contributed by atoms with Crippen LogP contribution >= 0.6 is 39.1 Å². The molecule has 2 aromatic carbocycles. The zero-order chi connectivity index (χ0) is 20.8. The van der Waals surface area contributed by atoms with Crippen LogP contribution < -0.4 is 15.4 Å². The van der Waals surface area contributed by atoms with Crippen molar-refractivity contribution in [3.63, 3.8) is 0 Å². The molecule has 1 heterocycles. The third kappa shape index (κ3) is 6.34. The van der Waals surface area contributed by atoms with Crippen molar-refractivity contribution >= 4 is 56.6 Å². The minimum atomic E-state index is -0.362. The van der Waals surface area contributed by atoms with Crippen LogP contribution in [0.25, 0.3) is 0 Å². The van der Waals surface area contributed by atoms with E-state index in [9.17, 15) is 9.59 Å². The number of carbonyl (C=O) groups excluding carboxylic acids is 2. The molecule has 1 atom stereocenters. The van der Waals surface area contributed by atoms with Crippen LogP contribution in [0.2, 0.25) is 10.0 Å². The van der Waals surface area contributed by atoms with Crippen molar-refractivity contribution in [1.29, 1.82) is 0 Å². The second kappa shape index (κ2) is 10.3. The van der Waals surface area contributed by atoms with E-state index in [0.717, 1.165) is 19.4 Å². The van der Waals surface area contributed by atoms with Crippen molar-refractivity contribution in [2.45, 2.75) is 18.9 Å². The standard InChI is InChI=1S/C20H19BrCl2N2O4/c21-16-8-13(22)9-17(23)19(16)29-11-18(26)25-14-5-3-12(4-6-14)20(27)24-10-15-2-1-7-28-15/h3-6,8-9,15H,1-2,7,10-11H2,(H,24,27)(H,25,26). The van der Waals surface area contributed by atoms with E-state index in [0.29, 0.717) is 38.1 Å². The summed E-state index contributed by atoms with van der Waals surface area (Å²) in [6, 6.07) is 9.77. The molecule has 2 amide bonds. The van der Waals surface area contributed by atoms with Gasteiger partial charge in [0.15, 0.2) is 12.4 Å². The molecule has 0 radical (unpaired) electrons. The first kappa shape index (κ1) is 21.9. The van der Waals surface area contributed by atoms with Crippen LogP contribution in [0.5, 0.6) is 5.75 Å². The molecule has 1 aliphatic heterocycles. The Bertz CT molecular complexity index is 864. The average molecular weight is 502 g/mol. The Balaban J connectivity index is 1.48. The smallest absolute Gasteiger partial charge is 0.262 e. The van der Waals surface area contributed by atoms with Crippen LogP contribution in [0, 0.1) is 0 Å². The van der Waals surface area contributed by atoms with Gasteiger partial charge >= 0.3 is 0 Å². The topological polar surface area (TPSA) is 76.7 Å². The molecule has 3 rings (SSSR count). The van der Waals surface area contributed by atoms with Crippen molar-refractivity contribution in [3.8, 4) is 5.75 Å². The van der Waals surface area contributed by atoms with E-state index >= 15 is 0 Å². The van der Waals surface area contributed by atoms with Gasteiger partial charge in [-0.25, -0.2) is 0 Å². The maximum Gasteiger partial charge on any atom is 0.262 e. The van der Waals surface area contributed by atoms with E-state index < -0.39 is 0 Å². The molecule has 2 aromatic rings. The number of ether oxygens (including phenoxy) is 2. The van der Waals surface area contributed by atoms with Crippen LogP contribution in [0.15, 0.2) is 40.9 Å². The lowest BCUT2D eigenvalue weighted by Gasteiger charge is -2.12. The number of carbonyl (C=O) groups is 2. The lowest BCUT2D eigenvalue weighted by atomic mass is 10.2. The molecule has 154 valence electrons. The minimum Gasteiger partial charge on any atom is -0.481 e. The molecule has 0 saturated carbocycles. The Labute approximate surface area is 187 Å². The molecule has 0 aliphatic carbocycles. The van der Waals surface area contributed by atoms with Gasteiger partial charge in [0.25, 0.3) is 11.8 Å². The lowest BCUT2D eigenvalue weighted by Crippen LogP contribution is -2.31. The quantitative estimate of drug-likeness (QED) is 0.577. The first-order chi connectivity index (χ1) is 13.9. The minimum absolute atomic E-state index is 0.0895. The fraction of sp³-hybridized carbons (Fsp3) is 0.300. The van der Waals surface area contributed by atoms with Crippen LogP contribution in [0.1, 0.15) is 23.2 Å². The van der Waals surface area contributed by atoms with E-state index in [1.807, 2.05) is 0 Å². The molecular formula is C20H19BrCl2N2O4. The lowest BCUT2D eigenvalue weighted by molar-refractivity contribution is -0.118. The predicted octanol–water partition coefficient (Wildman–Crippen LogP) is 4.68. The number of nitrogens with one attached hydrogen (secondary N) is 2. The second-order valence-corrected chi connectivity index (χ2v) is 8.16. The summed E-state index contributed by atoms with van der Waals surface area (Å²) in [5.74, 6) is -0.202. The van der Waals surface area contributed by atoms with E-state index in [2.05, 4.69) is 26.6 Å². The molecule has 0 spiro atoms. The van der Waals surface area contributed by atoms with E-state index in [1.165, 1.54) is 6.07 Å². The summed E-state index contributed by atoms with van der Waals surface area (Å²) < 4.78 is 11.5. The van der Waals surface area contributed by atoms with Crippen LogP contribution in [-0.2, 0) is 9.53 Å². The van der Waals surface area contributed by atoms with Crippen molar-refractivity contribution in [2.24, 2.45) is 0 Å². The van der Waals surface area contributed by atoms with Crippen LogP contribution in [0.3, 0.4) is 0 Å². The highest BCUT2D eigenvalue weighted by Crippen LogP contribution is 2.36.